The molecule has 2 nitrogen and oxygen atoms in total. The maximum atomic E-state index is 13.1. The molecule has 0 unspecified atom stereocenters. The fourth-order valence-electron chi connectivity index (χ4n) is 2.50. The first-order chi connectivity index (χ1) is 8.68. The quantitative estimate of drug-likeness (QED) is 0.863. The molecule has 0 saturated heterocycles. The monoisotopic (exact) mass is 281 g/mol. The van der Waals surface area contributed by atoms with Crippen LogP contribution in [-0.2, 0) is 5.41 Å². The molecule has 1 saturated carbocycles. The van der Waals surface area contributed by atoms with E-state index in [1.54, 1.807) is 0 Å². The van der Waals surface area contributed by atoms with E-state index in [0.717, 1.165) is 6.07 Å². The molecule has 1 fully saturated rings. The van der Waals surface area contributed by atoms with Gasteiger partial charge in [-0.1, -0.05) is 18.2 Å². The van der Waals surface area contributed by atoms with Gasteiger partial charge in [0.2, 0.25) is 5.92 Å². The van der Waals surface area contributed by atoms with E-state index in [1.165, 1.54) is 18.2 Å². The SMILES string of the molecule is NCC1(c2ccccc2OC(F)(F)F)CC(F)(F)C1. The minimum atomic E-state index is -4.86. The van der Waals surface area contributed by atoms with Crippen LogP contribution in [0.15, 0.2) is 24.3 Å². The summed E-state index contributed by atoms with van der Waals surface area (Å²) in [5.74, 6) is -3.35. The molecule has 0 atom stereocenters. The van der Waals surface area contributed by atoms with E-state index < -0.39 is 36.3 Å². The molecule has 1 aromatic rings. The zero-order chi connectivity index (χ0) is 14.3. The molecule has 0 heterocycles. The molecule has 2 rings (SSSR count). The van der Waals surface area contributed by atoms with Crippen molar-refractivity contribution < 1.29 is 26.7 Å². The number of alkyl halides is 5. The highest BCUT2D eigenvalue weighted by Gasteiger charge is 2.57. The summed E-state index contributed by atoms with van der Waals surface area (Å²) in [6.45, 7) is -0.152. The lowest BCUT2D eigenvalue weighted by Gasteiger charge is -2.47. The third-order valence-corrected chi connectivity index (χ3v) is 3.27. The average molecular weight is 281 g/mol. The molecule has 0 amide bonds. The van der Waals surface area contributed by atoms with Gasteiger partial charge in [-0.25, -0.2) is 8.78 Å². The van der Waals surface area contributed by atoms with Gasteiger partial charge in [-0.3, -0.25) is 0 Å². The topological polar surface area (TPSA) is 35.2 Å². The fraction of sp³-hybridized carbons (Fsp3) is 0.500. The van der Waals surface area contributed by atoms with Crippen LogP contribution in [0.1, 0.15) is 18.4 Å². The smallest absolute Gasteiger partial charge is 0.405 e. The number of rotatable bonds is 3. The van der Waals surface area contributed by atoms with E-state index in [4.69, 9.17) is 5.73 Å². The van der Waals surface area contributed by atoms with E-state index in [2.05, 4.69) is 4.74 Å². The van der Waals surface area contributed by atoms with Crippen molar-refractivity contribution in [1.29, 1.82) is 0 Å². The Kier molecular flexibility index (Phi) is 3.20. The van der Waals surface area contributed by atoms with Crippen molar-refractivity contribution >= 4 is 0 Å². The van der Waals surface area contributed by atoms with Gasteiger partial charge in [0.1, 0.15) is 5.75 Å². The zero-order valence-electron chi connectivity index (χ0n) is 9.81. The lowest BCUT2D eigenvalue weighted by Crippen LogP contribution is -2.53. The third kappa shape index (κ3) is 2.80. The van der Waals surface area contributed by atoms with Crippen molar-refractivity contribution in [2.75, 3.05) is 6.54 Å². The Bertz CT molecular complexity index is 463. The first-order valence-corrected chi connectivity index (χ1v) is 5.61. The van der Waals surface area contributed by atoms with Crippen LogP contribution in [0.2, 0.25) is 0 Å². The average Bonchev–Trinajstić information content (AvgIpc) is 2.24. The Hall–Kier alpha value is -1.37. The van der Waals surface area contributed by atoms with Crippen LogP contribution in [0.25, 0.3) is 0 Å². The molecular weight excluding hydrogens is 269 g/mol. The van der Waals surface area contributed by atoms with Crippen LogP contribution in [0.4, 0.5) is 22.0 Å². The van der Waals surface area contributed by atoms with Gasteiger partial charge in [0.05, 0.1) is 0 Å². The van der Waals surface area contributed by atoms with Gasteiger partial charge >= 0.3 is 6.36 Å². The number of para-hydroxylation sites is 1. The van der Waals surface area contributed by atoms with Gasteiger partial charge in [0.15, 0.2) is 0 Å². The number of nitrogens with two attached hydrogens (primary N) is 1. The highest BCUT2D eigenvalue weighted by molar-refractivity contribution is 5.43. The van der Waals surface area contributed by atoms with Gasteiger partial charge in [-0.05, 0) is 6.07 Å². The highest BCUT2D eigenvalue weighted by atomic mass is 19.4. The molecule has 1 aliphatic rings. The van der Waals surface area contributed by atoms with E-state index in [0.29, 0.717) is 0 Å². The van der Waals surface area contributed by atoms with Gasteiger partial charge < -0.3 is 10.5 Å². The minimum absolute atomic E-state index is 0.0840. The fourth-order valence-corrected chi connectivity index (χ4v) is 2.50. The van der Waals surface area contributed by atoms with E-state index in [9.17, 15) is 22.0 Å². The molecular formula is C12H12F5NO. The van der Waals surface area contributed by atoms with Gasteiger partial charge in [0, 0.05) is 30.4 Å². The van der Waals surface area contributed by atoms with Crippen LogP contribution in [-0.4, -0.2) is 18.8 Å². The Morgan fingerprint density at radius 2 is 1.74 bits per heavy atom. The Labute approximate surface area is 106 Å². The summed E-state index contributed by atoms with van der Waals surface area (Å²) < 4.78 is 66.9. The molecule has 0 radical (unpaired) electrons. The van der Waals surface area contributed by atoms with Crippen molar-refractivity contribution in [1.82, 2.24) is 0 Å². The van der Waals surface area contributed by atoms with Crippen molar-refractivity contribution in [2.24, 2.45) is 5.73 Å². The summed E-state index contributed by atoms with van der Waals surface area (Å²) in [5.41, 5.74) is 4.42. The van der Waals surface area contributed by atoms with Gasteiger partial charge in [-0.15, -0.1) is 13.2 Å². The number of halogens is 5. The van der Waals surface area contributed by atoms with Crippen molar-refractivity contribution in [3.8, 4) is 5.75 Å². The highest BCUT2D eigenvalue weighted by Crippen LogP contribution is 2.55. The van der Waals surface area contributed by atoms with Crippen LogP contribution in [0.5, 0.6) is 5.75 Å². The molecule has 19 heavy (non-hydrogen) atoms. The molecule has 0 bridgehead atoms. The molecule has 2 N–H and O–H groups in total. The zero-order valence-corrected chi connectivity index (χ0v) is 9.81. The number of ether oxygens (including phenoxy) is 1. The van der Waals surface area contributed by atoms with Crippen molar-refractivity contribution in [2.45, 2.75) is 30.5 Å². The first kappa shape index (κ1) is 14.0. The molecule has 0 aromatic heterocycles. The summed E-state index contributed by atoms with van der Waals surface area (Å²) in [7, 11) is 0. The molecule has 7 heteroatoms. The summed E-state index contributed by atoms with van der Waals surface area (Å²) in [6, 6.07) is 5.29. The van der Waals surface area contributed by atoms with Crippen LogP contribution < -0.4 is 10.5 Å². The first-order valence-electron chi connectivity index (χ1n) is 5.61. The summed E-state index contributed by atoms with van der Waals surface area (Å²) in [6.07, 6.45) is -5.98. The number of hydrogen-bond acceptors (Lipinski definition) is 2. The van der Waals surface area contributed by atoms with Gasteiger partial charge in [0.25, 0.3) is 0 Å². The predicted octanol–water partition coefficient (Wildman–Crippen LogP) is 3.21. The number of hydrogen-bond donors (Lipinski definition) is 1. The second kappa shape index (κ2) is 4.33. The molecule has 1 aliphatic carbocycles. The van der Waals surface area contributed by atoms with Crippen LogP contribution >= 0.6 is 0 Å². The second-order valence-electron chi connectivity index (χ2n) is 4.74. The van der Waals surface area contributed by atoms with E-state index >= 15 is 0 Å². The Morgan fingerprint density at radius 1 is 1.16 bits per heavy atom. The largest absolute Gasteiger partial charge is 0.573 e. The van der Waals surface area contributed by atoms with Crippen LogP contribution in [0.3, 0.4) is 0 Å². The second-order valence-corrected chi connectivity index (χ2v) is 4.74. The van der Waals surface area contributed by atoms with Crippen molar-refractivity contribution in [3.05, 3.63) is 29.8 Å². The lowest BCUT2D eigenvalue weighted by atomic mass is 9.62. The molecule has 0 aliphatic heterocycles. The summed E-state index contributed by atoms with van der Waals surface area (Å²) in [5, 5.41) is 0. The normalized spacial score (nSPS) is 20.7. The van der Waals surface area contributed by atoms with E-state index in [1.807, 2.05) is 0 Å². The predicted molar refractivity (Wildman–Crippen MR) is 58.0 cm³/mol. The van der Waals surface area contributed by atoms with Crippen LogP contribution in [0, 0.1) is 0 Å². The van der Waals surface area contributed by atoms with E-state index in [-0.39, 0.29) is 12.1 Å². The Morgan fingerprint density at radius 3 is 2.21 bits per heavy atom. The third-order valence-electron chi connectivity index (χ3n) is 3.27. The maximum absolute atomic E-state index is 13.1. The number of benzene rings is 1. The molecule has 1 aromatic carbocycles. The van der Waals surface area contributed by atoms with Crippen molar-refractivity contribution in [3.63, 3.8) is 0 Å². The van der Waals surface area contributed by atoms with Gasteiger partial charge in [-0.2, -0.15) is 0 Å². The Balaban J connectivity index is 2.34. The minimum Gasteiger partial charge on any atom is -0.405 e. The summed E-state index contributed by atoms with van der Waals surface area (Å²) in [4.78, 5) is 0. The maximum Gasteiger partial charge on any atom is 0.573 e. The molecule has 106 valence electrons. The lowest BCUT2D eigenvalue weighted by molar-refractivity contribution is -0.275. The summed E-state index contributed by atoms with van der Waals surface area (Å²) >= 11 is 0. The molecule has 0 spiro atoms. The standard InChI is InChI=1S/C12H12F5NO/c13-11(14)5-10(6-11,7-18)8-3-1-2-4-9(8)19-12(15,16)17/h1-4H,5-7,18H2.